The van der Waals surface area contributed by atoms with Crippen LogP contribution in [0, 0.1) is 0 Å². The predicted octanol–water partition coefficient (Wildman–Crippen LogP) is 2.70. The molecule has 0 aliphatic rings. The third-order valence-corrected chi connectivity index (χ3v) is 3.00. The minimum atomic E-state index is -4.42. The Morgan fingerprint density at radius 2 is 2.00 bits per heavy atom. The van der Waals surface area contributed by atoms with Gasteiger partial charge in [0.25, 0.3) is 5.91 Å². The molecule has 3 N–H and O–H groups in total. The fourth-order valence-electron chi connectivity index (χ4n) is 1.60. The molecule has 1 aromatic heterocycles. The molecule has 0 saturated heterocycles. The van der Waals surface area contributed by atoms with Gasteiger partial charge in [0.2, 0.25) is 4.93 Å². The first-order valence-electron chi connectivity index (χ1n) is 5.51. The molecule has 2 rings (SSSR count). The van der Waals surface area contributed by atoms with Gasteiger partial charge in [-0.3, -0.25) is 4.79 Å². The number of halogens is 3. The molecule has 1 amide bonds. The third kappa shape index (κ3) is 2.84. The third-order valence-electron chi connectivity index (χ3n) is 2.69. The van der Waals surface area contributed by atoms with E-state index in [1.54, 1.807) is 0 Å². The van der Waals surface area contributed by atoms with Crippen LogP contribution in [0.4, 0.5) is 13.2 Å². The zero-order chi connectivity index (χ0) is 15.1. The number of rotatable bonds is 3. The van der Waals surface area contributed by atoms with Crippen LogP contribution < -0.4 is 10.5 Å². The number of thiol groups is 1. The number of amides is 1. The molecule has 8 heteroatoms. The van der Waals surface area contributed by atoms with Gasteiger partial charge in [-0.25, -0.2) is 0 Å². The number of hydrogen-bond acceptors (Lipinski definition) is 3. The molecule has 20 heavy (non-hydrogen) atoms. The monoisotopic (exact) mass is 304 g/mol. The van der Waals surface area contributed by atoms with Crippen molar-refractivity contribution in [2.24, 2.45) is 5.73 Å². The number of ether oxygens (including phenoxy) is 1. The van der Waals surface area contributed by atoms with Crippen LogP contribution in [0.25, 0.3) is 10.9 Å². The van der Waals surface area contributed by atoms with E-state index >= 15 is 0 Å². The number of carbonyl (C=O) groups is 1. The zero-order valence-electron chi connectivity index (χ0n) is 10.3. The van der Waals surface area contributed by atoms with Crippen molar-refractivity contribution in [3.8, 4) is 5.88 Å². The highest BCUT2D eigenvalue weighted by atomic mass is 32.1. The van der Waals surface area contributed by atoms with Gasteiger partial charge in [-0.15, -0.1) is 12.6 Å². The highest BCUT2D eigenvalue weighted by Crippen LogP contribution is 2.33. The molecule has 0 aliphatic carbocycles. The van der Waals surface area contributed by atoms with Crippen molar-refractivity contribution in [3.05, 3.63) is 29.8 Å². The number of H-pyrrole nitrogens is 1. The molecule has 1 unspecified atom stereocenters. The highest BCUT2D eigenvalue weighted by molar-refractivity contribution is 7.82. The van der Waals surface area contributed by atoms with Crippen molar-refractivity contribution in [2.75, 3.05) is 0 Å². The number of nitrogens with two attached hydrogens (primary N) is 1. The second-order valence-electron chi connectivity index (χ2n) is 4.38. The van der Waals surface area contributed by atoms with Crippen LogP contribution >= 0.6 is 12.6 Å². The van der Waals surface area contributed by atoms with Gasteiger partial charge in [-0.1, -0.05) is 0 Å². The Hall–Kier alpha value is -1.83. The van der Waals surface area contributed by atoms with Crippen LogP contribution in [0.2, 0.25) is 0 Å². The minimum absolute atomic E-state index is 0.107. The Morgan fingerprint density at radius 1 is 1.35 bits per heavy atom. The van der Waals surface area contributed by atoms with E-state index in [1.165, 1.54) is 19.1 Å². The van der Waals surface area contributed by atoms with Crippen molar-refractivity contribution in [3.63, 3.8) is 0 Å². The number of primary amides is 1. The SMILES string of the molecule is CC(S)(Oc1cc2cc(C(F)(F)F)ccc2[nH]1)C(N)=O. The molecular formula is C12H11F3N2O2S. The first-order valence-corrected chi connectivity index (χ1v) is 5.95. The maximum absolute atomic E-state index is 12.6. The van der Waals surface area contributed by atoms with Crippen LogP contribution in [-0.4, -0.2) is 15.8 Å². The number of aromatic amines is 1. The van der Waals surface area contributed by atoms with E-state index in [1.807, 2.05) is 0 Å². The van der Waals surface area contributed by atoms with Crippen LogP contribution in [-0.2, 0) is 11.0 Å². The number of carbonyl (C=O) groups excluding carboxylic acids is 1. The lowest BCUT2D eigenvalue weighted by molar-refractivity contribution is -0.137. The van der Waals surface area contributed by atoms with Crippen LogP contribution in [0.3, 0.4) is 0 Å². The predicted molar refractivity (Wildman–Crippen MR) is 70.5 cm³/mol. The maximum atomic E-state index is 12.6. The summed E-state index contributed by atoms with van der Waals surface area (Å²) in [7, 11) is 0. The Kier molecular flexibility index (Phi) is 3.37. The van der Waals surface area contributed by atoms with Gasteiger partial charge in [-0.2, -0.15) is 13.2 Å². The molecule has 0 spiro atoms. The van der Waals surface area contributed by atoms with Crippen molar-refractivity contribution < 1.29 is 22.7 Å². The summed E-state index contributed by atoms with van der Waals surface area (Å²) in [6.07, 6.45) is -4.42. The van der Waals surface area contributed by atoms with Gasteiger partial charge in [-0.05, 0) is 25.1 Å². The first kappa shape index (κ1) is 14.6. The van der Waals surface area contributed by atoms with E-state index in [0.29, 0.717) is 10.9 Å². The quantitative estimate of drug-likeness (QED) is 0.603. The number of fused-ring (bicyclic) bond motifs is 1. The number of alkyl halides is 3. The van der Waals surface area contributed by atoms with E-state index in [-0.39, 0.29) is 5.88 Å². The summed E-state index contributed by atoms with van der Waals surface area (Å²) >= 11 is 3.94. The van der Waals surface area contributed by atoms with E-state index in [9.17, 15) is 18.0 Å². The Labute approximate surface area is 117 Å². The normalized spacial score (nSPS) is 15.1. The van der Waals surface area contributed by atoms with Crippen LogP contribution in [0.15, 0.2) is 24.3 Å². The van der Waals surface area contributed by atoms with Crippen LogP contribution in [0.5, 0.6) is 5.88 Å². The second kappa shape index (κ2) is 4.62. The molecule has 0 fully saturated rings. The molecular weight excluding hydrogens is 293 g/mol. The molecule has 0 radical (unpaired) electrons. The van der Waals surface area contributed by atoms with E-state index < -0.39 is 22.6 Å². The summed E-state index contributed by atoms with van der Waals surface area (Å²) < 4.78 is 43.0. The maximum Gasteiger partial charge on any atom is 0.416 e. The summed E-state index contributed by atoms with van der Waals surface area (Å²) in [5.41, 5.74) is 4.77. The molecule has 1 atom stereocenters. The number of benzene rings is 1. The molecule has 1 aromatic carbocycles. The second-order valence-corrected chi connectivity index (χ2v) is 5.24. The molecule has 0 aliphatic heterocycles. The van der Waals surface area contributed by atoms with Gasteiger partial charge in [0.05, 0.1) is 5.56 Å². The van der Waals surface area contributed by atoms with E-state index in [4.69, 9.17) is 10.5 Å². The molecule has 1 heterocycles. The molecule has 4 nitrogen and oxygen atoms in total. The lowest BCUT2D eigenvalue weighted by atomic mass is 10.1. The van der Waals surface area contributed by atoms with Crippen molar-refractivity contribution in [1.82, 2.24) is 4.98 Å². The Bertz CT molecular complexity index is 664. The van der Waals surface area contributed by atoms with E-state index in [0.717, 1.165) is 12.1 Å². The number of hydrogen-bond donors (Lipinski definition) is 3. The van der Waals surface area contributed by atoms with Gasteiger partial charge in [0.1, 0.15) is 0 Å². The summed E-state index contributed by atoms with van der Waals surface area (Å²) in [6, 6.07) is 4.57. The fraction of sp³-hybridized carbons (Fsp3) is 0.250. The van der Waals surface area contributed by atoms with Gasteiger partial charge in [0, 0.05) is 17.0 Å². The Balaban J connectivity index is 2.37. The zero-order valence-corrected chi connectivity index (χ0v) is 11.2. The lowest BCUT2D eigenvalue weighted by Gasteiger charge is -2.19. The van der Waals surface area contributed by atoms with Crippen molar-refractivity contribution in [2.45, 2.75) is 18.0 Å². The van der Waals surface area contributed by atoms with Crippen molar-refractivity contribution >= 4 is 29.4 Å². The molecule has 0 saturated carbocycles. The molecule has 2 aromatic rings. The average molecular weight is 304 g/mol. The van der Waals surface area contributed by atoms with Crippen molar-refractivity contribution in [1.29, 1.82) is 0 Å². The number of aromatic nitrogens is 1. The highest BCUT2D eigenvalue weighted by Gasteiger charge is 2.31. The summed E-state index contributed by atoms with van der Waals surface area (Å²) in [5, 5.41) is 0.309. The lowest BCUT2D eigenvalue weighted by Crippen LogP contribution is -2.41. The largest absolute Gasteiger partial charge is 0.452 e. The molecule has 108 valence electrons. The number of nitrogens with one attached hydrogen (secondary N) is 1. The van der Waals surface area contributed by atoms with E-state index in [2.05, 4.69) is 17.6 Å². The fourth-order valence-corrected chi connectivity index (χ4v) is 1.70. The Morgan fingerprint density at radius 3 is 2.55 bits per heavy atom. The van der Waals surface area contributed by atoms with Crippen LogP contribution in [0.1, 0.15) is 12.5 Å². The topological polar surface area (TPSA) is 68.1 Å². The minimum Gasteiger partial charge on any atom is -0.452 e. The van der Waals surface area contributed by atoms with Gasteiger partial charge < -0.3 is 15.5 Å². The standard InChI is InChI=1S/C12H11F3N2O2S/c1-11(20,10(16)18)19-9-5-6-4-7(12(13,14)15)2-3-8(6)17-9/h2-5,17,20H,1H3,(H2,16,18). The smallest absolute Gasteiger partial charge is 0.416 e. The summed E-state index contributed by atoms with van der Waals surface area (Å²) in [6.45, 7) is 1.34. The summed E-state index contributed by atoms with van der Waals surface area (Å²) in [4.78, 5) is 12.3. The average Bonchev–Trinajstić information content (AvgIpc) is 2.67. The summed E-state index contributed by atoms with van der Waals surface area (Å²) in [5.74, 6) is -0.703. The van der Waals surface area contributed by atoms with Gasteiger partial charge in [0.15, 0.2) is 5.88 Å². The first-order chi connectivity index (χ1) is 9.09. The van der Waals surface area contributed by atoms with Gasteiger partial charge >= 0.3 is 6.18 Å². The molecule has 0 bridgehead atoms.